The van der Waals surface area contributed by atoms with Crippen molar-refractivity contribution in [2.45, 2.75) is 5.79 Å². The summed E-state index contributed by atoms with van der Waals surface area (Å²) in [5.41, 5.74) is 14.3. The standard InChI is InChI=1S/C8H8Cl2N4O/c9-5-1-4(2-6(10)3-5)8(12)13-7(11)15-14-8/h1-3,14H,12H2,(H2,11,13). The Kier molecular flexibility index (Phi) is 2.47. The van der Waals surface area contributed by atoms with Gasteiger partial charge in [0, 0.05) is 15.6 Å². The Morgan fingerprint density at radius 3 is 2.33 bits per heavy atom. The van der Waals surface area contributed by atoms with Crippen molar-refractivity contribution in [2.24, 2.45) is 16.5 Å². The molecule has 0 saturated heterocycles. The van der Waals surface area contributed by atoms with E-state index in [0.717, 1.165) is 0 Å². The van der Waals surface area contributed by atoms with Crippen LogP contribution in [0.2, 0.25) is 10.0 Å². The maximum absolute atomic E-state index is 5.89. The fourth-order valence-electron chi connectivity index (χ4n) is 1.25. The molecule has 1 unspecified atom stereocenters. The first kappa shape index (κ1) is 10.5. The average molecular weight is 247 g/mol. The SMILES string of the molecule is NC1=NC(N)(c2cc(Cl)cc(Cl)c2)NO1. The van der Waals surface area contributed by atoms with Crippen molar-refractivity contribution in [3.8, 4) is 0 Å². The number of nitrogens with zero attached hydrogens (tertiary/aromatic N) is 1. The number of nitrogens with one attached hydrogen (secondary N) is 1. The van der Waals surface area contributed by atoms with Crippen LogP contribution in [0, 0.1) is 0 Å². The Balaban J connectivity index is 2.45. The fraction of sp³-hybridized carbons (Fsp3) is 0.125. The minimum atomic E-state index is -1.24. The lowest BCUT2D eigenvalue weighted by Crippen LogP contribution is -2.44. The van der Waals surface area contributed by atoms with Crippen LogP contribution in [0.3, 0.4) is 0 Å². The second-order valence-electron chi connectivity index (χ2n) is 3.08. The Hall–Kier alpha value is -1.01. The van der Waals surface area contributed by atoms with E-state index in [-0.39, 0.29) is 6.02 Å². The molecule has 0 bridgehead atoms. The molecule has 0 fully saturated rings. The summed E-state index contributed by atoms with van der Waals surface area (Å²) < 4.78 is 0. The molecule has 1 aromatic carbocycles. The lowest BCUT2D eigenvalue weighted by atomic mass is 10.1. The molecule has 0 radical (unpaired) electrons. The van der Waals surface area contributed by atoms with Crippen molar-refractivity contribution in [3.63, 3.8) is 0 Å². The van der Waals surface area contributed by atoms with Crippen LogP contribution in [0.4, 0.5) is 0 Å². The molecule has 1 atom stereocenters. The summed E-state index contributed by atoms with van der Waals surface area (Å²) in [6, 6.07) is 4.82. The number of hydrogen-bond acceptors (Lipinski definition) is 5. The summed E-state index contributed by atoms with van der Waals surface area (Å²) in [5.74, 6) is -1.24. The molecule has 80 valence electrons. The van der Waals surface area contributed by atoms with Crippen LogP contribution in [0.25, 0.3) is 0 Å². The van der Waals surface area contributed by atoms with Crippen molar-refractivity contribution in [2.75, 3.05) is 0 Å². The van der Waals surface area contributed by atoms with Crippen molar-refractivity contribution < 1.29 is 4.84 Å². The van der Waals surface area contributed by atoms with E-state index in [1.807, 2.05) is 0 Å². The molecule has 5 nitrogen and oxygen atoms in total. The molecule has 1 heterocycles. The number of amidine groups is 1. The van der Waals surface area contributed by atoms with E-state index in [1.165, 1.54) is 0 Å². The van der Waals surface area contributed by atoms with Crippen molar-refractivity contribution >= 4 is 29.2 Å². The van der Waals surface area contributed by atoms with Crippen LogP contribution in [0.5, 0.6) is 0 Å². The smallest absolute Gasteiger partial charge is 0.305 e. The second kappa shape index (κ2) is 3.53. The average Bonchev–Trinajstić information content (AvgIpc) is 2.46. The highest BCUT2D eigenvalue weighted by Gasteiger charge is 2.33. The fourth-order valence-corrected chi connectivity index (χ4v) is 1.77. The molecule has 1 aliphatic rings. The van der Waals surface area contributed by atoms with Gasteiger partial charge in [0.05, 0.1) is 0 Å². The van der Waals surface area contributed by atoms with Gasteiger partial charge in [-0.15, -0.1) is 5.48 Å². The van der Waals surface area contributed by atoms with Crippen LogP contribution >= 0.6 is 23.2 Å². The first-order chi connectivity index (χ1) is 6.99. The van der Waals surface area contributed by atoms with Gasteiger partial charge in [-0.05, 0) is 18.2 Å². The minimum Gasteiger partial charge on any atom is -0.367 e. The highest BCUT2D eigenvalue weighted by molar-refractivity contribution is 6.34. The van der Waals surface area contributed by atoms with Crippen LogP contribution in [0.15, 0.2) is 23.2 Å². The zero-order chi connectivity index (χ0) is 11.1. The number of halogens is 2. The van der Waals surface area contributed by atoms with Gasteiger partial charge >= 0.3 is 6.02 Å². The largest absolute Gasteiger partial charge is 0.367 e. The molecule has 1 aromatic rings. The third-order valence-corrected chi connectivity index (χ3v) is 2.34. The van der Waals surface area contributed by atoms with E-state index in [2.05, 4.69) is 10.5 Å². The molecule has 2 rings (SSSR count). The summed E-state index contributed by atoms with van der Waals surface area (Å²) in [5, 5.41) is 0.926. The predicted octanol–water partition coefficient (Wildman–Crippen LogP) is 0.912. The van der Waals surface area contributed by atoms with Gasteiger partial charge in [0.1, 0.15) is 0 Å². The lowest BCUT2D eigenvalue weighted by molar-refractivity contribution is 0.119. The Bertz CT molecular complexity index is 416. The van der Waals surface area contributed by atoms with Gasteiger partial charge in [-0.1, -0.05) is 23.2 Å². The summed E-state index contributed by atoms with van der Waals surface area (Å²) in [4.78, 5) is 8.66. The molecule has 1 aliphatic heterocycles. The number of nitrogens with two attached hydrogens (primary N) is 2. The molecular formula is C8H8Cl2N4O. The van der Waals surface area contributed by atoms with Crippen molar-refractivity contribution in [1.82, 2.24) is 5.48 Å². The van der Waals surface area contributed by atoms with E-state index in [1.54, 1.807) is 18.2 Å². The minimum absolute atomic E-state index is 0.0337. The first-order valence-electron chi connectivity index (χ1n) is 4.04. The van der Waals surface area contributed by atoms with E-state index in [4.69, 9.17) is 39.5 Å². The second-order valence-corrected chi connectivity index (χ2v) is 3.95. The number of aliphatic imine (C=N–C) groups is 1. The number of rotatable bonds is 1. The Labute approximate surface area is 96.0 Å². The van der Waals surface area contributed by atoms with Gasteiger partial charge in [0.15, 0.2) is 0 Å². The zero-order valence-electron chi connectivity index (χ0n) is 7.50. The summed E-state index contributed by atoms with van der Waals surface area (Å²) in [6.45, 7) is 0. The third kappa shape index (κ3) is 2.00. The number of benzene rings is 1. The molecule has 5 N–H and O–H groups in total. The Morgan fingerprint density at radius 2 is 1.87 bits per heavy atom. The van der Waals surface area contributed by atoms with E-state index in [0.29, 0.717) is 15.6 Å². The molecular weight excluding hydrogens is 239 g/mol. The molecule has 15 heavy (non-hydrogen) atoms. The molecule has 0 spiro atoms. The Morgan fingerprint density at radius 1 is 1.27 bits per heavy atom. The topological polar surface area (TPSA) is 85.7 Å². The molecule has 0 aliphatic carbocycles. The number of hydroxylamine groups is 1. The van der Waals surface area contributed by atoms with Gasteiger partial charge in [0.2, 0.25) is 5.79 Å². The monoisotopic (exact) mass is 246 g/mol. The highest BCUT2D eigenvalue weighted by Crippen LogP contribution is 2.27. The summed E-state index contributed by atoms with van der Waals surface area (Å²) in [6.07, 6.45) is 0. The van der Waals surface area contributed by atoms with Crippen LogP contribution in [0.1, 0.15) is 5.56 Å². The zero-order valence-corrected chi connectivity index (χ0v) is 9.01. The lowest BCUT2D eigenvalue weighted by Gasteiger charge is -2.19. The molecule has 0 amide bonds. The maximum atomic E-state index is 5.89. The normalized spacial score (nSPS) is 24.9. The number of hydrogen-bond donors (Lipinski definition) is 3. The van der Waals surface area contributed by atoms with Crippen LogP contribution in [-0.4, -0.2) is 6.02 Å². The third-order valence-electron chi connectivity index (χ3n) is 1.90. The van der Waals surface area contributed by atoms with Crippen LogP contribution in [-0.2, 0) is 10.6 Å². The quantitative estimate of drug-likeness (QED) is 0.688. The van der Waals surface area contributed by atoms with Gasteiger partial charge < -0.3 is 10.6 Å². The van der Waals surface area contributed by atoms with Crippen molar-refractivity contribution in [1.29, 1.82) is 0 Å². The van der Waals surface area contributed by atoms with Gasteiger partial charge in [-0.2, -0.15) is 4.99 Å². The van der Waals surface area contributed by atoms with Gasteiger partial charge in [0.25, 0.3) is 0 Å². The van der Waals surface area contributed by atoms with Crippen LogP contribution < -0.4 is 16.9 Å². The van der Waals surface area contributed by atoms with E-state index < -0.39 is 5.79 Å². The first-order valence-corrected chi connectivity index (χ1v) is 4.80. The predicted molar refractivity (Wildman–Crippen MR) is 58.2 cm³/mol. The van der Waals surface area contributed by atoms with E-state index >= 15 is 0 Å². The van der Waals surface area contributed by atoms with E-state index in [9.17, 15) is 0 Å². The summed E-state index contributed by atoms with van der Waals surface area (Å²) in [7, 11) is 0. The summed E-state index contributed by atoms with van der Waals surface area (Å²) >= 11 is 11.7. The molecule has 0 aromatic heterocycles. The maximum Gasteiger partial charge on any atom is 0.305 e. The van der Waals surface area contributed by atoms with Crippen molar-refractivity contribution in [3.05, 3.63) is 33.8 Å². The van der Waals surface area contributed by atoms with Gasteiger partial charge in [-0.25, -0.2) is 0 Å². The van der Waals surface area contributed by atoms with Gasteiger partial charge in [-0.3, -0.25) is 5.73 Å². The highest BCUT2D eigenvalue weighted by atomic mass is 35.5. The molecule has 0 saturated carbocycles. The molecule has 7 heteroatoms.